The summed E-state index contributed by atoms with van der Waals surface area (Å²) in [6.45, 7) is 4.96. The Bertz CT molecular complexity index is 510. The second-order valence-electron chi connectivity index (χ2n) is 6.37. The Labute approximate surface area is 120 Å². The van der Waals surface area contributed by atoms with E-state index in [1.54, 1.807) is 6.20 Å². The van der Waals surface area contributed by atoms with Crippen molar-refractivity contribution in [2.75, 3.05) is 6.54 Å². The zero-order valence-electron chi connectivity index (χ0n) is 12.4. The van der Waals surface area contributed by atoms with Crippen molar-refractivity contribution in [3.8, 4) is 0 Å². The summed E-state index contributed by atoms with van der Waals surface area (Å²) in [6.07, 6.45) is 8.32. The van der Waals surface area contributed by atoms with E-state index in [9.17, 15) is 4.79 Å². The molecule has 2 aliphatic rings. The lowest BCUT2D eigenvalue weighted by Gasteiger charge is -2.35. The third kappa shape index (κ3) is 2.21. The fourth-order valence-corrected chi connectivity index (χ4v) is 3.65. The van der Waals surface area contributed by atoms with Crippen molar-refractivity contribution in [3.63, 3.8) is 0 Å². The van der Waals surface area contributed by atoms with Crippen LogP contribution in [0.4, 0.5) is 0 Å². The Hall–Kier alpha value is -1.45. The van der Waals surface area contributed by atoms with Crippen molar-refractivity contribution < 1.29 is 4.79 Å². The van der Waals surface area contributed by atoms with E-state index >= 15 is 0 Å². The number of aryl methyl sites for hydroxylation is 1. The molecule has 0 aromatic carbocycles. The number of likely N-dealkylation sites (tertiary alicyclic amines) is 1. The first-order valence-electron chi connectivity index (χ1n) is 7.73. The van der Waals surface area contributed by atoms with Crippen LogP contribution in [0.5, 0.6) is 0 Å². The number of carbonyl (C=O) groups is 1. The molecule has 0 radical (unpaired) electrons. The molecule has 1 amide bonds. The molecule has 4 nitrogen and oxygen atoms in total. The van der Waals surface area contributed by atoms with Crippen LogP contribution in [0.25, 0.3) is 0 Å². The lowest BCUT2D eigenvalue weighted by atomic mass is 9.95. The van der Waals surface area contributed by atoms with Gasteiger partial charge in [0.15, 0.2) is 5.82 Å². The summed E-state index contributed by atoms with van der Waals surface area (Å²) >= 11 is 0. The van der Waals surface area contributed by atoms with Crippen molar-refractivity contribution in [2.24, 2.45) is 5.92 Å². The number of aromatic nitrogens is 2. The third-order valence-corrected chi connectivity index (χ3v) is 4.89. The van der Waals surface area contributed by atoms with Gasteiger partial charge in [0.25, 0.3) is 0 Å². The molecular weight excluding hydrogens is 250 g/mol. The number of hydrogen-bond donors (Lipinski definition) is 0. The maximum atomic E-state index is 12.8. The molecule has 20 heavy (non-hydrogen) atoms. The van der Waals surface area contributed by atoms with E-state index in [1.165, 1.54) is 12.8 Å². The zero-order chi connectivity index (χ0) is 14.2. The minimum atomic E-state index is -0.314. The molecule has 4 heteroatoms. The minimum Gasteiger partial charge on any atom is -0.330 e. The van der Waals surface area contributed by atoms with Crippen LogP contribution in [0.3, 0.4) is 0 Å². The van der Waals surface area contributed by atoms with Gasteiger partial charge in [-0.25, -0.2) is 9.97 Å². The number of amides is 1. The second kappa shape index (κ2) is 5.15. The van der Waals surface area contributed by atoms with E-state index in [4.69, 9.17) is 0 Å². The molecule has 1 atom stereocenters. The fourth-order valence-electron chi connectivity index (χ4n) is 3.65. The van der Waals surface area contributed by atoms with Gasteiger partial charge in [0.05, 0.1) is 5.54 Å². The molecule has 0 unspecified atom stereocenters. The maximum absolute atomic E-state index is 12.8. The van der Waals surface area contributed by atoms with Crippen LogP contribution in [0, 0.1) is 12.8 Å². The molecule has 2 fully saturated rings. The van der Waals surface area contributed by atoms with Gasteiger partial charge < -0.3 is 4.90 Å². The first-order valence-corrected chi connectivity index (χ1v) is 7.73. The summed E-state index contributed by atoms with van der Waals surface area (Å²) in [5.41, 5.74) is 0.655. The highest BCUT2D eigenvalue weighted by molar-refractivity contribution is 5.80. The van der Waals surface area contributed by atoms with Crippen molar-refractivity contribution in [1.29, 1.82) is 0 Å². The van der Waals surface area contributed by atoms with Crippen LogP contribution in [0.15, 0.2) is 12.3 Å². The molecular formula is C16H23N3O. The van der Waals surface area contributed by atoms with E-state index in [0.29, 0.717) is 5.91 Å². The largest absolute Gasteiger partial charge is 0.330 e. The highest BCUT2D eigenvalue weighted by Crippen LogP contribution is 2.39. The molecule has 1 aromatic rings. The van der Waals surface area contributed by atoms with E-state index in [1.807, 2.05) is 13.0 Å². The van der Waals surface area contributed by atoms with Gasteiger partial charge in [-0.2, -0.15) is 0 Å². The third-order valence-electron chi connectivity index (χ3n) is 4.89. The van der Waals surface area contributed by atoms with Gasteiger partial charge >= 0.3 is 0 Å². The lowest BCUT2D eigenvalue weighted by molar-refractivity contribution is -0.139. The smallest absolute Gasteiger partial charge is 0.226 e. The molecule has 1 saturated heterocycles. The average molecular weight is 273 g/mol. The summed E-state index contributed by atoms with van der Waals surface area (Å²) in [4.78, 5) is 23.9. The second-order valence-corrected chi connectivity index (χ2v) is 6.37. The summed E-state index contributed by atoms with van der Waals surface area (Å²) in [5, 5.41) is 0. The summed E-state index contributed by atoms with van der Waals surface area (Å²) < 4.78 is 0. The number of carbonyl (C=O) groups excluding carboxylic acids is 1. The first kappa shape index (κ1) is 13.5. The van der Waals surface area contributed by atoms with Crippen molar-refractivity contribution >= 4 is 5.91 Å². The summed E-state index contributed by atoms with van der Waals surface area (Å²) in [7, 11) is 0. The van der Waals surface area contributed by atoms with Crippen molar-refractivity contribution in [1.82, 2.24) is 14.9 Å². The van der Waals surface area contributed by atoms with Crippen molar-refractivity contribution in [2.45, 2.75) is 57.9 Å². The molecule has 108 valence electrons. The van der Waals surface area contributed by atoms with Gasteiger partial charge in [-0.15, -0.1) is 0 Å². The molecule has 2 heterocycles. The Balaban J connectivity index is 1.88. The normalized spacial score (nSPS) is 27.2. The molecule has 0 N–H and O–H groups in total. The van der Waals surface area contributed by atoms with Gasteiger partial charge in [-0.1, -0.05) is 12.8 Å². The predicted molar refractivity (Wildman–Crippen MR) is 77.0 cm³/mol. The Morgan fingerprint density at radius 2 is 2.10 bits per heavy atom. The Morgan fingerprint density at radius 3 is 2.80 bits per heavy atom. The number of rotatable bonds is 2. The Morgan fingerprint density at radius 1 is 1.35 bits per heavy atom. The molecule has 1 aliphatic carbocycles. The molecule has 3 rings (SSSR count). The maximum Gasteiger partial charge on any atom is 0.226 e. The summed E-state index contributed by atoms with van der Waals surface area (Å²) in [5.74, 6) is 1.37. The van der Waals surface area contributed by atoms with Crippen LogP contribution in [-0.4, -0.2) is 27.3 Å². The highest BCUT2D eigenvalue weighted by atomic mass is 16.2. The molecule has 0 bridgehead atoms. The lowest BCUT2D eigenvalue weighted by Crippen LogP contribution is -2.46. The van der Waals surface area contributed by atoms with Crippen LogP contribution >= 0.6 is 0 Å². The minimum absolute atomic E-state index is 0.234. The van der Waals surface area contributed by atoms with Gasteiger partial charge in [0.1, 0.15) is 0 Å². The van der Waals surface area contributed by atoms with Gasteiger partial charge in [-0.05, 0) is 45.6 Å². The first-order chi connectivity index (χ1) is 9.61. The molecule has 1 aromatic heterocycles. The van der Waals surface area contributed by atoms with Crippen molar-refractivity contribution in [3.05, 3.63) is 23.8 Å². The fraction of sp³-hybridized carbons (Fsp3) is 0.688. The van der Waals surface area contributed by atoms with Crippen LogP contribution in [-0.2, 0) is 10.3 Å². The number of nitrogens with zero attached hydrogens (tertiary/aromatic N) is 3. The van der Waals surface area contributed by atoms with E-state index in [-0.39, 0.29) is 11.5 Å². The topological polar surface area (TPSA) is 46.1 Å². The SMILES string of the molecule is Cc1ccnc([C@]2(C)CCCN2C(=O)C2CCCC2)n1. The quantitative estimate of drug-likeness (QED) is 0.832. The Kier molecular flexibility index (Phi) is 3.48. The highest BCUT2D eigenvalue weighted by Gasteiger charge is 2.45. The molecule has 0 spiro atoms. The molecule has 1 saturated carbocycles. The predicted octanol–water partition coefficient (Wildman–Crippen LogP) is 2.81. The number of hydrogen-bond acceptors (Lipinski definition) is 3. The van der Waals surface area contributed by atoms with Crippen LogP contribution in [0.1, 0.15) is 57.0 Å². The summed E-state index contributed by atoms with van der Waals surface area (Å²) in [6, 6.07) is 1.91. The molecule has 1 aliphatic heterocycles. The van der Waals surface area contributed by atoms with Crippen LogP contribution < -0.4 is 0 Å². The van der Waals surface area contributed by atoms with Gasteiger partial charge in [0.2, 0.25) is 5.91 Å². The standard InChI is InChI=1S/C16H23N3O/c1-12-8-10-17-15(18-12)16(2)9-5-11-19(16)14(20)13-6-3-4-7-13/h8,10,13H,3-7,9,11H2,1-2H3/t16-/m0/s1. The van der Waals surface area contributed by atoms with E-state index in [0.717, 1.165) is 43.7 Å². The monoisotopic (exact) mass is 273 g/mol. The zero-order valence-corrected chi connectivity index (χ0v) is 12.4. The van der Waals surface area contributed by atoms with Crippen LogP contribution in [0.2, 0.25) is 0 Å². The van der Waals surface area contributed by atoms with E-state index in [2.05, 4.69) is 21.8 Å². The van der Waals surface area contributed by atoms with Gasteiger partial charge in [-0.3, -0.25) is 4.79 Å². The van der Waals surface area contributed by atoms with E-state index < -0.39 is 0 Å². The van der Waals surface area contributed by atoms with Gasteiger partial charge in [0, 0.05) is 24.4 Å². The average Bonchev–Trinajstić information content (AvgIpc) is 3.08.